The molecule has 1 aliphatic rings. The van der Waals surface area contributed by atoms with E-state index in [0.717, 1.165) is 31.5 Å². The zero-order chi connectivity index (χ0) is 10.9. The van der Waals surface area contributed by atoms with Gasteiger partial charge in [0.2, 0.25) is 0 Å². The third-order valence-corrected chi connectivity index (χ3v) is 3.30. The molecule has 0 unspecified atom stereocenters. The molecule has 1 N–H and O–H groups in total. The van der Waals surface area contributed by atoms with Crippen LogP contribution in [0.2, 0.25) is 5.15 Å². The fourth-order valence-electron chi connectivity index (χ4n) is 1.93. The molecule has 16 heavy (non-hydrogen) atoms. The molecule has 1 aromatic heterocycles. The van der Waals surface area contributed by atoms with Gasteiger partial charge >= 0.3 is 0 Å². The van der Waals surface area contributed by atoms with Gasteiger partial charge in [-0.25, -0.2) is 4.98 Å². The summed E-state index contributed by atoms with van der Waals surface area (Å²) in [5.41, 5.74) is 0.157. The highest BCUT2D eigenvalue weighted by Crippen LogP contribution is 2.32. The molecule has 2 heterocycles. The average Bonchev–Trinajstić information content (AvgIpc) is 2.24. The Morgan fingerprint density at radius 3 is 2.50 bits per heavy atom. The molecule has 0 spiro atoms. The van der Waals surface area contributed by atoms with Gasteiger partial charge in [0.05, 0.1) is 5.60 Å². The molecule has 0 atom stereocenters. The van der Waals surface area contributed by atoms with E-state index >= 15 is 0 Å². The number of rotatable bonds is 1. The fraction of sp³-hybridized carbons (Fsp3) is 0.545. The van der Waals surface area contributed by atoms with E-state index in [4.69, 9.17) is 11.6 Å². The first-order valence-electron chi connectivity index (χ1n) is 5.13. The fourth-order valence-corrected chi connectivity index (χ4v) is 2.04. The van der Waals surface area contributed by atoms with Gasteiger partial charge in [0.25, 0.3) is 0 Å². The summed E-state index contributed by atoms with van der Waals surface area (Å²) in [6.45, 7) is 1.83. The highest BCUT2D eigenvalue weighted by atomic mass is 35.5. The SMILES string of the molecule is CN1CCC(O)(c2ccc(Cl)nc2)CC1.Cl. The number of hydrogen-bond donors (Lipinski definition) is 1. The standard InChI is InChI=1S/C11H15ClN2O.ClH/c1-14-6-4-11(15,5-7-14)9-2-3-10(12)13-8-9;/h2-3,8,15H,4-7H2,1H3;1H. The van der Waals surface area contributed by atoms with Gasteiger partial charge in [-0.2, -0.15) is 0 Å². The minimum atomic E-state index is -0.718. The zero-order valence-electron chi connectivity index (χ0n) is 9.19. The van der Waals surface area contributed by atoms with Crippen LogP contribution in [-0.4, -0.2) is 35.1 Å². The lowest BCUT2D eigenvalue weighted by molar-refractivity contribution is -0.0205. The molecule has 0 saturated carbocycles. The van der Waals surface area contributed by atoms with Crippen molar-refractivity contribution in [3.8, 4) is 0 Å². The van der Waals surface area contributed by atoms with Gasteiger partial charge in [0.15, 0.2) is 0 Å². The normalized spacial score (nSPS) is 20.2. The maximum atomic E-state index is 10.4. The van der Waals surface area contributed by atoms with Crippen LogP contribution in [-0.2, 0) is 5.60 Å². The molecule has 1 aromatic rings. The van der Waals surface area contributed by atoms with Crippen LogP contribution in [0.25, 0.3) is 0 Å². The molecule has 0 radical (unpaired) electrons. The summed E-state index contributed by atoms with van der Waals surface area (Å²) in [7, 11) is 2.07. The van der Waals surface area contributed by atoms with Crippen molar-refractivity contribution in [2.24, 2.45) is 0 Å². The first-order valence-corrected chi connectivity index (χ1v) is 5.51. The van der Waals surface area contributed by atoms with Gasteiger partial charge in [-0.3, -0.25) is 0 Å². The molecule has 0 bridgehead atoms. The van der Waals surface area contributed by atoms with E-state index in [-0.39, 0.29) is 12.4 Å². The van der Waals surface area contributed by atoms with Crippen molar-refractivity contribution < 1.29 is 5.11 Å². The summed E-state index contributed by atoms with van der Waals surface area (Å²) in [5, 5.41) is 10.9. The number of pyridine rings is 1. The van der Waals surface area contributed by atoms with Crippen LogP contribution in [0.3, 0.4) is 0 Å². The predicted octanol–water partition coefficient (Wildman–Crippen LogP) is 2.07. The molecule has 0 aliphatic carbocycles. The summed E-state index contributed by atoms with van der Waals surface area (Å²) in [5.74, 6) is 0. The number of piperidine rings is 1. The molecule has 5 heteroatoms. The van der Waals surface area contributed by atoms with Crippen molar-refractivity contribution in [2.45, 2.75) is 18.4 Å². The molecular formula is C11H16Cl2N2O. The monoisotopic (exact) mass is 262 g/mol. The van der Waals surface area contributed by atoms with Gasteiger partial charge in [-0.1, -0.05) is 17.7 Å². The lowest BCUT2D eigenvalue weighted by atomic mass is 9.85. The first-order chi connectivity index (χ1) is 7.10. The van der Waals surface area contributed by atoms with Crippen LogP contribution in [0, 0.1) is 0 Å². The lowest BCUT2D eigenvalue weighted by Gasteiger charge is -2.36. The second-order valence-corrected chi connectivity index (χ2v) is 4.59. The maximum Gasteiger partial charge on any atom is 0.129 e. The van der Waals surface area contributed by atoms with Crippen LogP contribution in [0.1, 0.15) is 18.4 Å². The first kappa shape index (κ1) is 13.7. The molecule has 0 aromatic carbocycles. The van der Waals surface area contributed by atoms with Crippen LogP contribution >= 0.6 is 24.0 Å². The molecule has 1 aliphatic heterocycles. The van der Waals surface area contributed by atoms with E-state index < -0.39 is 5.60 Å². The smallest absolute Gasteiger partial charge is 0.129 e. The van der Waals surface area contributed by atoms with E-state index in [1.165, 1.54) is 0 Å². The molecule has 0 amide bonds. The minimum Gasteiger partial charge on any atom is -0.385 e. The second kappa shape index (κ2) is 5.32. The summed E-state index contributed by atoms with van der Waals surface area (Å²) in [6, 6.07) is 3.59. The van der Waals surface area contributed by atoms with Crippen LogP contribution in [0.4, 0.5) is 0 Å². The summed E-state index contributed by atoms with van der Waals surface area (Å²) < 4.78 is 0. The number of halogens is 2. The number of nitrogens with zero attached hydrogens (tertiary/aromatic N) is 2. The molecule has 2 rings (SSSR count). The van der Waals surface area contributed by atoms with Gasteiger partial charge in [-0.15, -0.1) is 12.4 Å². The Hall–Kier alpha value is -0.350. The van der Waals surface area contributed by atoms with Crippen molar-refractivity contribution in [1.82, 2.24) is 9.88 Å². The quantitative estimate of drug-likeness (QED) is 0.788. The Kier molecular flexibility index (Phi) is 4.56. The van der Waals surface area contributed by atoms with Crippen molar-refractivity contribution >= 4 is 24.0 Å². The van der Waals surface area contributed by atoms with E-state index in [0.29, 0.717) is 5.15 Å². The van der Waals surface area contributed by atoms with Gasteiger partial charge in [0, 0.05) is 24.8 Å². The Morgan fingerprint density at radius 2 is 2.00 bits per heavy atom. The molecule has 3 nitrogen and oxygen atoms in total. The summed E-state index contributed by atoms with van der Waals surface area (Å²) >= 11 is 5.72. The second-order valence-electron chi connectivity index (χ2n) is 4.20. The van der Waals surface area contributed by atoms with E-state index in [1.807, 2.05) is 6.07 Å². The topological polar surface area (TPSA) is 36.4 Å². The van der Waals surface area contributed by atoms with Gasteiger partial charge < -0.3 is 10.0 Å². The van der Waals surface area contributed by atoms with Crippen LogP contribution < -0.4 is 0 Å². The van der Waals surface area contributed by atoms with Crippen molar-refractivity contribution in [3.05, 3.63) is 29.0 Å². The lowest BCUT2D eigenvalue weighted by Crippen LogP contribution is -2.40. The number of aliphatic hydroxyl groups is 1. The van der Waals surface area contributed by atoms with Crippen molar-refractivity contribution in [1.29, 1.82) is 0 Å². The van der Waals surface area contributed by atoms with Crippen molar-refractivity contribution in [3.63, 3.8) is 0 Å². The van der Waals surface area contributed by atoms with E-state index in [9.17, 15) is 5.11 Å². The van der Waals surface area contributed by atoms with Gasteiger partial charge in [0.1, 0.15) is 5.15 Å². The Morgan fingerprint density at radius 1 is 1.38 bits per heavy atom. The predicted molar refractivity (Wildman–Crippen MR) is 67.1 cm³/mol. The average molecular weight is 263 g/mol. The van der Waals surface area contributed by atoms with Crippen molar-refractivity contribution in [2.75, 3.05) is 20.1 Å². The molecule has 1 fully saturated rings. The summed E-state index contributed by atoms with van der Waals surface area (Å²) in [4.78, 5) is 6.23. The number of likely N-dealkylation sites (tertiary alicyclic amines) is 1. The minimum absolute atomic E-state index is 0. The third kappa shape index (κ3) is 2.86. The van der Waals surface area contributed by atoms with Crippen LogP contribution in [0.5, 0.6) is 0 Å². The highest BCUT2D eigenvalue weighted by Gasteiger charge is 2.32. The molecule has 90 valence electrons. The number of aromatic nitrogens is 1. The largest absolute Gasteiger partial charge is 0.385 e. The molecule has 1 saturated heterocycles. The Labute approximate surface area is 107 Å². The van der Waals surface area contributed by atoms with Gasteiger partial charge in [-0.05, 0) is 26.0 Å². The van der Waals surface area contributed by atoms with E-state index in [1.54, 1.807) is 12.3 Å². The van der Waals surface area contributed by atoms with E-state index in [2.05, 4.69) is 16.9 Å². The number of hydrogen-bond acceptors (Lipinski definition) is 3. The third-order valence-electron chi connectivity index (χ3n) is 3.08. The van der Waals surface area contributed by atoms with Crippen LogP contribution in [0.15, 0.2) is 18.3 Å². The zero-order valence-corrected chi connectivity index (χ0v) is 10.8. The molecular weight excluding hydrogens is 247 g/mol. The Balaban J connectivity index is 0.00000128. The summed E-state index contributed by atoms with van der Waals surface area (Å²) in [6.07, 6.45) is 3.19. The maximum absolute atomic E-state index is 10.4. The Bertz CT molecular complexity index is 334. The highest BCUT2D eigenvalue weighted by molar-refractivity contribution is 6.29.